The van der Waals surface area contributed by atoms with Crippen molar-refractivity contribution in [3.63, 3.8) is 0 Å². The van der Waals surface area contributed by atoms with Crippen LogP contribution in [0.4, 0.5) is 0 Å². The quantitative estimate of drug-likeness (QED) is 0.557. The van der Waals surface area contributed by atoms with Crippen LogP contribution in [-0.4, -0.2) is 38.6 Å². The van der Waals surface area contributed by atoms with Gasteiger partial charge in [0.25, 0.3) is 5.56 Å². The highest BCUT2D eigenvalue weighted by atomic mass is 16.5. The maximum atomic E-state index is 12.8. The van der Waals surface area contributed by atoms with Gasteiger partial charge < -0.3 is 9.47 Å². The Bertz CT molecular complexity index is 1170. The van der Waals surface area contributed by atoms with Crippen LogP contribution >= 0.6 is 0 Å². The minimum atomic E-state index is -0.193. The van der Waals surface area contributed by atoms with E-state index in [0.717, 1.165) is 34.7 Å². The molecule has 8 nitrogen and oxygen atoms in total. The van der Waals surface area contributed by atoms with E-state index in [4.69, 9.17) is 14.5 Å². The molecule has 28 heavy (non-hydrogen) atoms. The highest BCUT2D eigenvalue weighted by molar-refractivity contribution is 5.81. The minimum absolute atomic E-state index is 0.193. The molecule has 0 aliphatic rings. The number of nitrogens with one attached hydrogen (secondary N) is 1. The number of ether oxygens (including phenoxy) is 2. The van der Waals surface area contributed by atoms with Gasteiger partial charge in [0.1, 0.15) is 5.75 Å². The van der Waals surface area contributed by atoms with E-state index in [0.29, 0.717) is 17.9 Å². The van der Waals surface area contributed by atoms with Crippen LogP contribution in [0.2, 0.25) is 0 Å². The second-order valence-corrected chi connectivity index (χ2v) is 6.35. The molecule has 0 amide bonds. The molecule has 8 heteroatoms. The Balaban J connectivity index is 1.94. The molecule has 0 spiro atoms. The Morgan fingerprint density at radius 1 is 1.14 bits per heavy atom. The maximum absolute atomic E-state index is 12.8. The first-order valence-corrected chi connectivity index (χ1v) is 8.95. The molecule has 0 fully saturated rings. The van der Waals surface area contributed by atoms with E-state index < -0.39 is 0 Å². The molecular weight excluding hydrogens is 358 g/mol. The Morgan fingerprint density at radius 2 is 1.93 bits per heavy atom. The van der Waals surface area contributed by atoms with Crippen LogP contribution < -0.4 is 10.3 Å². The number of hydrogen-bond acceptors (Lipinski definition) is 5. The average molecular weight is 379 g/mol. The Morgan fingerprint density at radius 3 is 2.57 bits per heavy atom. The first-order valence-electron chi connectivity index (χ1n) is 8.95. The normalized spacial score (nSPS) is 11.2. The fraction of sp³-hybridized carbons (Fsp3) is 0.250. The third-order valence-electron chi connectivity index (χ3n) is 4.61. The molecule has 0 atom stereocenters. The number of methoxy groups -OCH3 is 2. The van der Waals surface area contributed by atoms with E-state index in [-0.39, 0.29) is 5.56 Å². The fourth-order valence-corrected chi connectivity index (χ4v) is 3.21. The summed E-state index contributed by atoms with van der Waals surface area (Å²) in [5, 5.41) is 7.40. The molecule has 0 aliphatic carbocycles. The first-order chi connectivity index (χ1) is 13.6. The van der Waals surface area contributed by atoms with Gasteiger partial charge in [-0.3, -0.25) is 14.6 Å². The molecule has 0 radical (unpaired) electrons. The Kier molecular flexibility index (Phi) is 4.70. The predicted molar refractivity (Wildman–Crippen MR) is 105 cm³/mol. The summed E-state index contributed by atoms with van der Waals surface area (Å²) in [5.41, 5.74) is 4.26. The number of fused-ring (bicyclic) bond motifs is 1. The van der Waals surface area contributed by atoms with Crippen molar-refractivity contribution in [1.29, 1.82) is 0 Å². The van der Waals surface area contributed by atoms with Gasteiger partial charge >= 0.3 is 0 Å². The Hall–Kier alpha value is -3.39. The molecule has 0 saturated heterocycles. The van der Waals surface area contributed by atoms with Crippen molar-refractivity contribution in [2.45, 2.75) is 20.1 Å². The molecule has 4 rings (SSSR count). The monoisotopic (exact) mass is 379 g/mol. The number of rotatable bonds is 6. The summed E-state index contributed by atoms with van der Waals surface area (Å²) in [6.45, 7) is 3.08. The average Bonchev–Trinajstić information content (AvgIpc) is 3.33. The van der Waals surface area contributed by atoms with E-state index in [1.165, 1.54) is 10.6 Å². The van der Waals surface area contributed by atoms with Gasteiger partial charge in [0.05, 0.1) is 31.3 Å². The largest absolute Gasteiger partial charge is 0.497 e. The second-order valence-electron chi connectivity index (χ2n) is 6.35. The van der Waals surface area contributed by atoms with Crippen molar-refractivity contribution in [3.05, 3.63) is 58.8 Å². The van der Waals surface area contributed by atoms with E-state index in [2.05, 4.69) is 10.2 Å². The highest BCUT2D eigenvalue weighted by Gasteiger charge is 2.18. The van der Waals surface area contributed by atoms with Gasteiger partial charge in [0.2, 0.25) is 0 Å². The SMILES string of the molecule is CCn1cc(-c2cc(=O)n3[nH]c(COC)c(-c4ccc(OC)cc4)c3n2)cn1. The number of aromatic amines is 1. The van der Waals surface area contributed by atoms with E-state index in [1.807, 2.05) is 37.4 Å². The smallest absolute Gasteiger partial charge is 0.273 e. The fourth-order valence-electron chi connectivity index (χ4n) is 3.21. The predicted octanol–water partition coefficient (Wildman–Crippen LogP) is 2.73. The number of nitrogens with zero attached hydrogens (tertiary/aromatic N) is 4. The standard InChI is InChI=1S/C20H21N5O3/c1-4-24-11-14(10-21-24)16-9-18(26)25-20(22-16)19(17(23-25)12-27-2)13-5-7-15(28-3)8-6-13/h5-11,23H,4,12H2,1-3H3. The summed E-state index contributed by atoms with van der Waals surface area (Å²) >= 11 is 0. The van der Waals surface area contributed by atoms with Gasteiger partial charge in [-0.25, -0.2) is 9.50 Å². The number of benzene rings is 1. The van der Waals surface area contributed by atoms with Crippen LogP contribution in [0.3, 0.4) is 0 Å². The van der Waals surface area contributed by atoms with Crippen molar-refractivity contribution in [2.24, 2.45) is 0 Å². The van der Waals surface area contributed by atoms with Crippen molar-refractivity contribution in [1.82, 2.24) is 24.4 Å². The summed E-state index contributed by atoms with van der Waals surface area (Å²) in [7, 11) is 3.24. The van der Waals surface area contributed by atoms with Crippen LogP contribution in [0, 0.1) is 0 Å². The number of aryl methyl sites for hydroxylation is 1. The van der Waals surface area contributed by atoms with Crippen LogP contribution in [-0.2, 0) is 17.9 Å². The van der Waals surface area contributed by atoms with Gasteiger partial charge in [-0.15, -0.1) is 0 Å². The van der Waals surface area contributed by atoms with Gasteiger partial charge in [-0.05, 0) is 24.6 Å². The summed E-state index contributed by atoms with van der Waals surface area (Å²) in [5.74, 6) is 0.759. The van der Waals surface area contributed by atoms with Crippen molar-refractivity contribution in [2.75, 3.05) is 14.2 Å². The highest BCUT2D eigenvalue weighted by Crippen LogP contribution is 2.30. The molecule has 3 heterocycles. The summed E-state index contributed by atoms with van der Waals surface area (Å²) in [6.07, 6.45) is 3.60. The zero-order valence-corrected chi connectivity index (χ0v) is 16.0. The van der Waals surface area contributed by atoms with E-state index >= 15 is 0 Å². The molecule has 0 aliphatic heterocycles. The van der Waals surface area contributed by atoms with Gasteiger partial charge in [0.15, 0.2) is 5.65 Å². The second kappa shape index (κ2) is 7.32. The third-order valence-corrected chi connectivity index (χ3v) is 4.61. The molecule has 0 saturated carbocycles. The number of hydrogen-bond donors (Lipinski definition) is 1. The van der Waals surface area contributed by atoms with Crippen LogP contribution in [0.1, 0.15) is 12.6 Å². The lowest BCUT2D eigenvalue weighted by molar-refractivity contribution is 0.181. The van der Waals surface area contributed by atoms with Crippen LogP contribution in [0.5, 0.6) is 5.75 Å². The summed E-state index contributed by atoms with van der Waals surface area (Å²) in [6, 6.07) is 9.14. The molecule has 1 aromatic carbocycles. The van der Waals surface area contributed by atoms with Crippen molar-refractivity contribution in [3.8, 4) is 28.1 Å². The first kappa shape index (κ1) is 18.0. The van der Waals surface area contributed by atoms with Crippen LogP contribution in [0.25, 0.3) is 28.0 Å². The number of aromatic nitrogens is 5. The zero-order chi connectivity index (χ0) is 19.7. The van der Waals surface area contributed by atoms with E-state index in [9.17, 15) is 4.79 Å². The topological polar surface area (TPSA) is 86.4 Å². The summed E-state index contributed by atoms with van der Waals surface area (Å²) in [4.78, 5) is 17.5. The van der Waals surface area contributed by atoms with E-state index in [1.54, 1.807) is 25.1 Å². The van der Waals surface area contributed by atoms with Crippen LogP contribution in [0.15, 0.2) is 47.5 Å². The van der Waals surface area contributed by atoms with Gasteiger partial charge in [-0.1, -0.05) is 12.1 Å². The lowest BCUT2D eigenvalue weighted by atomic mass is 10.1. The third kappa shape index (κ3) is 3.07. The lowest BCUT2D eigenvalue weighted by Gasteiger charge is -2.05. The molecule has 0 bridgehead atoms. The van der Waals surface area contributed by atoms with Gasteiger partial charge in [0, 0.05) is 37.0 Å². The maximum Gasteiger partial charge on any atom is 0.273 e. The van der Waals surface area contributed by atoms with Crippen molar-refractivity contribution >= 4 is 5.65 Å². The molecule has 3 aromatic heterocycles. The Labute approximate surface area is 161 Å². The zero-order valence-electron chi connectivity index (χ0n) is 16.0. The lowest BCUT2D eigenvalue weighted by Crippen LogP contribution is -2.14. The summed E-state index contributed by atoms with van der Waals surface area (Å²) < 4.78 is 13.8. The molecule has 1 N–H and O–H groups in total. The molecule has 144 valence electrons. The van der Waals surface area contributed by atoms with Gasteiger partial charge in [-0.2, -0.15) is 5.10 Å². The van der Waals surface area contributed by atoms with Crippen molar-refractivity contribution < 1.29 is 9.47 Å². The molecular formula is C20H21N5O3. The minimum Gasteiger partial charge on any atom is -0.497 e. The molecule has 4 aromatic rings. The number of H-pyrrole nitrogens is 1. The molecule has 0 unspecified atom stereocenters.